The summed E-state index contributed by atoms with van der Waals surface area (Å²) in [4.78, 5) is 0. The average Bonchev–Trinajstić information content (AvgIpc) is 2.28. The smallest absolute Gasteiger partial charge is 0.216 e. The second-order valence-electron chi connectivity index (χ2n) is 4.42. The van der Waals surface area contributed by atoms with Gasteiger partial charge in [0.1, 0.15) is 0 Å². The van der Waals surface area contributed by atoms with Gasteiger partial charge in [0, 0.05) is 22.6 Å². The summed E-state index contributed by atoms with van der Waals surface area (Å²) >= 11 is 11.9. The van der Waals surface area contributed by atoms with Crippen LogP contribution in [-0.4, -0.2) is 27.3 Å². The summed E-state index contributed by atoms with van der Waals surface area (Å²) in [7, 11) is -1.69. The van der Waals surface area contributed by atoms with Gasteiger partial charge in [0.15, 0.2) is 0 Å². The van der Waals surface area contributed by atoms with Crippen LogP contribution >= 0.6 is 23.2 Å². The minimum absolute atomic E-state index is 0.385. The molecule has 108 valence electrons. The monoisotopic (exact) mass is 324 g/mol. The predicted molar refractivity (Wildman–Crippen MR) is 80.3 cm³/mol. The van der Waals surface area contributed by atoms with Gasteiger partial charge in [0.05, 0.1) is 5.25 Å². The molecule has 0 aliphatic heterocycles. The highest BCUT2D eigenvalue weighted by atomic mass is 35.5. The lowest BCUT2D eigenvalue weighted by Crippen LogP contribution is -2.39. The zero-order valence-corrected chi connectivity index (χ0v) is 13.4. The zero-order valence-electron chi connectivity index (χ0n) is 11.1. The molecule has 1 aromatic rings. The van der Waals surface area contributed by atoms with Crippen LogP contribution in [0.1, 0.15) is 25.5 Å². The summed E-state index contributed by atoms with van der Waals surface area (Å²) in [5, 5.41) is 3.29. The largest absolute Gasteiger partial charge is 0.318 e. The molecule has 0 saturated heterocycles. The Kier molecular flexibility index (Phi) is 6.08. The van der Waals surface area contributed by atoms with E-state index in [0.717, 1.165) is 0 Å². The molecule has 0 amide bonds. The molecule has 0 saturated carbocycles. The van der Waals surface area contributed by atoms with Crippen LogP contribution in [0.5, 0.6) is 0 Å². The fraction of sp³-hybridized carbons (Fsp3) is 0.500. The molecule has 19 heavy (non-hydrogen) atoms. The molecule has 1 rings (SSSR count). The second kappa shape index (κ2) is 6.90. The van der Waals surface area contributed by atoms with Crippen molar-refractivity contribution in [3.8, 4) is 0 Å². The summed E-state index contributed by atoms with van der Waals surface area (Å²) in [6.45, 7) is 3.78. The van der Waals surface area contributed by atoms with Crippen molar-refractivity contribution in [2.24, 2.45) is 0 Å². The zero-order chi connectivity index (χ0) is 14.6. The highest BCUT2D eigenvalue weighted by Crippen LogP contribution is 2.26. The van der Waals surface area contributed by atoms with E-state index in [1.165, 1.54) is 0 Å². The molecule has 0 aromatic heterocycles. The number of sulfonamides is 1. The van der Waals surface area contributed by atoms with Crippen LogP contribution in [-0.2, 0) is 10.0 Å². The third-order valence-corrected chi connectivity index (χ3v) is 5.26. The SMILES string of the molecule is CNCC(C)S(=O)(=O)NC(C)c1ccc(Cl)cc1Cl. The Morgan fingerprint density at radius 2 is 1.89 bits per heavy atom. The maximum atomic E-state index is 12.1. The Morgan fingerprint density at radius 1 is 1.26 bits per heavy atom. The minimum Gasteiger partial charge on any atom is -0.318 e. The van der Waals surface area contributed by atoms with Gasteiger partial charge in [-0.3, -0.25) is 0 Å². The number of hydrogen-bond acceptors (Lipinski definition) is 3. The normalized spacial score (nSPS) is 15.2. The van der Waals surface area contributed by atoms with Gasteiger partial charge in [-0.2, -0.15) is 0 Å². The first-order valence-electron chi connectivity index (χ1n) is 5.88. The van der Waals surface area contributed by atoms with Crippen molar-refractivity contribution < 1.29 is 8.42 Å². The first-order valence-corrected chi connectivity index (χ1v) is 8.19. The van der Waals surface area contributed by atoms with Crippen LogP contribution in [0.4, 0.5) is 0 Å². The van der Waals surface area contributed by atoms with Crippen molar-refractivity contribution in [3.05, 3.63) is 33.8 Å². The van der Waals surface area contributed by atoms with E-state index < -0.39 is 21.3 Å². The molecule has 7 heteroatoms. The summed E-state index contributed by atoms with van der Waals surface area (Å²) in [6.07, 6.45) is 0. The van der Waals surface area contributed by atoms with Gasteiger partial charge >= 0.3 is 0 Å². The van der Waals surface area contributed by atoms with Gasteiger partial charge in [-0.1, -0.05) is 29.3 Å². The molecule has 0 aliphatic rings. The fourth-order valence-electron chi connectivity index (χ4n) is 1.68. The molecule has 0 fully saturated rings. The van der Waals surface area contributed by atoms with Crippen LogP contribution in [0.2, 0.25) is 10.0 Å². The maximum Gasteiger partial charge on any atom is 0.216 e. The molecule has 2 N–H and O–H groups in total. The van der Waals surface area contributed by atoms with Gasteiger partial charge < -0.3 is 5.32 Å². The van der Waals surface area contributed by atoms with Crippen molar-refractivity contribution in [1.82, 2.24) is 10.0 Å². The van der Waals surface area contributed by atoms with Crippen molar-refractivity contribution in [2.45, 2.75) is 25.1 Å². The molecule has 2 unspecified atom stereocenters. The Hall–Kier alpha value is -0.330. The van der Waals surface area contributed by atoms with Crippen LogP contribution in [0.15, 0.2) is 18.2 Å². The first-order chi connectivity index (χ1) is 8.77. The first kappa shape index (κ1) is 16.7. The lowest BCUT2D eigenvalue weighted by atomic mass is 10.1. The number of benzene rings is 1. The Morgan fingerprint density at radius 3 is 2.42 bits per heavy atom. The van der Waals surface area contributed by atoms with Crippen molar-refractivity contribution >= 4 is 33.2 Å². The Labute approximate surface area is 124 Å². The molecular weight excluding hydrogens is 307 g/mol. The summed E-state index contributed by atoms with van der Waals surface area (Å²) in [5.74, 6) is 0. The molecular formula is C12H18Cl2N2O2S. The molecule has 0 heterocycles. The van der Waals surface area contributed by atoms with E-state index in [0.29, 0.717) is 22.2 Å². The van der Waals surface area contributed by atoms with Gasteiger partial charge in [0.2, 0.25) is 10.0 Å². The topological polar surface area (TPSA) is 58.2 Å². The van der Waals surface area contributed by atoms with Crippen LogP contribution in [0.25, 0.3) is 0 Å². The average molecular weight is 325 g/mol. The van der Waals surface area contributed by atoms with E-state index in [1.807, 2.05) is 0 Å². The minimum atomic E-state index is -3.40. The van der Waals surface area contributed by atoms with Crippen molar-refractivity contribution in [2.75, 3.05) is 13.6 Å². The fourth-order valence-corrected chi connectivity index (χ4v) is 3.49. The van der Waals surface area contributed by atoms with E-state index in [1.54, 1.807) is 39.1 Å². The molecule has 0 aliphatic carbocycles. The number of halogens is 2. The lowest BCUT2D eigenvalue weighted by Gasteiger charge is -2.19. The third kappa shape index (κ3) is 4.61. The van der Waals surface area contributed by atoms with Gasteiger partial charge in [-0.15, -0.1) is 0 Å². The molecule has 4 nitrogen and oxygen atoms in total. The molecule has 0 radical (unpaired) electrons. The molecule has 0 bridgehead atoms. The van der Waals surface area contributed by atoms with Crippen LogP contribution < -0.4 is 10.0 Å². The summed E-state index contributed by atoms with van der Waals surface area (Å²) < 4.78 is 26.7. The van der Waals surface area contributed by atoms with Gasteiger partial charge in [-0.05, 0) is 38.6 Å². The number of hydrogen-bond donors (Lipinski definition) is 2. The Bertz CT molecular complexity index is 535. The number of rotatable bonds is 6. The van der Waals surface area contributed by atoms with E-state index in [-0.39, 0.29) is 0 Å². The standard InChI is InChI=1S/C12H18Cl2N2O2S/c1-8(7-15-3)19(17,18)16-9(2)11-5-4-10(13)6-12(11)14/h4-6,8-9,15-16H,7H2,1-3H3. The van der Waals surface area contributed by atoms with Crippen molar-refractivity contribution in [3.63, 3.8) is 0 Å². The quantitative estimate of drug-likeness (QED) is 0.845. The lowest BCUT2D eigenvalue weighted by molar-refractivity contribution is 0.550. The molecule has 1 aromatic carbocycles. The highest BCUT2D eigenvalue weighted by molar-refractivity contribution is 7.90. The maximum absolute atomic E-state index is 12.1. The number of nitrogens with one attached hydrogen (secondary N) is 2. The van der Waals surface area contributed by atoms with Gasteiger partial charge in [0.25, 0.3) is 0 Å². The van der Waals surface area contributed by atoms with E-state index >= 15 is 0 Å². The van der Waals surface area contributed by atoms with Gasteiger partial charge in [-0.25, -0.2) is 13.1 Å². The molecule has 0 spiro atoms. The van der Waals surface area contributed by atoms with E-state index in [4.69, 9.17) is 23.2 Å². The third-order valence-electron chi connectivity index (χ3n) is 2.79. The highest BCUT2D eigenvalue weighted by Gasteiger charge is 2.23. The van der Waals surface area contributed by atoms with Crippen molar-refractivity contribution in [1.29, 1.82) is 0 Å². The van der Waals surface area contributed by atoms with E-state index in [9.17, 15) is 8.42 Å². The Balaban J connectivity index is 2.87. The van der Waals surface area contributed by atoms with E-state index in [2.05, 4.69) is 10.0 Å². The predicted octanol–water partition coefficient (Wildman–Crippen LogP) is 2.58. The van der Waals surface area contributed by atoms with Crippen LogP contribution in [0.3, 0.4) is 0 Å². The second-order valence-corrected chi connectivity index (χ2v) is 7.39. The summed E-state index contributed by atoms with van der Waals surface area (Å²) in [6, 6.07) is 4.60. The van der Waals surface area contributed by atoms with Crippen LogP contribution in [0, 0.1) is 0 Å². The molecule has 2 atom stereocenters. The summed E-state index contributed by atoms with van der Waals surface area (Å²) in [5.41, 5.74) is 0.700.